The van der Waals surface area contributed by atoms with Gasteiger partial charge in [0.1, 0.15) is 11.6 Å². The number of anilines is 1. The molecule has 2 nitrogen and oxygen atoms in total. The van der Waals surface area contributed by atoms with Crippen molar-refractivity contribution in [1.82, 2.24) is 0 Å². The molecule has 1 aromatic carbocycles. The van der Waals surface area contributed by atoms with Crippen LogP contribution in [0.15, 0.2) is 22.7 Å². The van der Waals surface area contributed by atoms with Gasteiger partial charge in [-0.3, -0.25) is 4.79 Å². The van der Waals surface area contributed by atoms with Crippen LogP contribution in [-0.4, -0.2) is 18.9 Å². The summed E-state index contributed by atoms with van der Waals surface area (Å²) in [4.78, 5) is 13.3. The van der Waals surface area contributed by atoms with Crippen LogP contribution in [0.2, 0.25) is 0 Å². The zero-order chi connectivity index (χ0) is 11.7. The zero-order valence-electron chi connectivity index (χ0n) is 9.04. The Bertz CT molecular complexity index is 401. The fraction of sp³-hybridized carbons (Fsp3) is 0.417. The van der Waals surface area contributed by atoms with Crippen molar-refractivity contribution in [2.45, 2.75) is 13.3 Å². The minimum absolute atomic E-state index is 0.0137. The van der Waals surface area contributed by atoms with Crippen molar-refractivity contribution < 1.29 is 9.18 Å². The topological polar surface area (TPSA) is 20.3 Å². The van der Waals surface area contributed by atoms with E-state index in [1.165, 1.54) is 6.07 Å². The van der Waals surface area contributed by atoms with E-state index < -0.39 is 0 Å². The predicted molar refractivity (Wildman–Crippen MR) is 65.1 cm³/mol. The van der Waals surface area contributed by atoms with Gasteiger partial charge in [0.2, 0.25) is 0 Å². The molecule has 2 rings (SSSR count). The third-order valence-electron chi connectivity index (χ3n) is 2.93. The number of ketones is 1. The first kappa shape index (κ1) is 11.6. The first-order valence-corrected chi connectivity index (χ1v) is 6.10. The third-order valence-corrected chi connectivity index (χ3v) is 3.57. The number of carbonyl (C=O) groups is 1. The lowest BCUT2D eigenvalue weighted by Crippen LogP contribution is -2.40. The van der Waals surface area contributed by atoms with Crippen LogP contribution >= 0.6 is 15.9 Å². The number of halogens is 2. The lowest BCUT2D eigenvalue weighted by molar-refractivity contribution is -0.122. The molecule has 1 aliphatic heterocycles. The molecule has 0 bridgehead atoms. The Hall–Kier alpha value is -0.900. The summed E-state index contributed by atoms with van der Waals surface area (Å²) >= 11 is 3.35. The molecular weight excluding hydrogens is 273 g/mol. The number of Topliss-reactive ketones (excluding diaryl/α,β-unsaturated/α-hetero) is 1. The van der Waals surface area contributed by atoms with Crippen LogP contribution in [0.4, 0.5) is 10.1 Å². The monoisotopic (exact) mass is 285 g/mol. The number of rotatable bonds is 1. The number of benzene rings is 1. The molecule has 1 aromatic rings. The Kier molecular flexibility index (Phi) is 3.28. The fourth-order valence-electron chi connectivity index (χ4n) is 2.01. The normalized spacial score (nSPS) is 21.3. The van der Waals surface area contributed by atoms with Gasteiger partial charge in [-0.2, -0.15) is 0 Å². The number of hydrogen-bond donors (Lipinski definition) is 0. The lowest BCUT2D eigenvalue weighted by Gasteiger charge is -2.32. The molecule has 1 heterocycles. The standard InChI is InChI=1S/C12H13BrFNO/c1-8-7-15(6-5-11(8)16)12-9(13)3-2-4-10(12)14/h2-4,8H,5-7H2,1H3. The van der Waals surface area contributed by atoms with Gasteiger partial charge in [-0.15, -0.1) is 0 Å². The molecule has 0 N–H and O–H groups in total. The van der Waals surface area contributed by atoms with Crippen LogP contribution in [-0.2, 0) is 4.79 Å². The van der Waals surface area contributed by atoms with Crippen molar-refractivity contribution in [3.8, 4) is 0 Å². The average Bonchev–Trinajstić information content (AvgIpc) is 2.23. The van der Waals surface area contributed by atoms with Crippen LogP contribution in [0.3, 0.4) is 0 Å². The van der Waals surface area contributed by atoms with Gasteiger partial charge in [0.15, 0.2) is 0 Å². The molecule has 0 aromatic heterocycles. The first-order chi connectivity index (χ1) is 7.59. The summed E-state index contributed by atoms with van der Waals surface area (Å²) in [5.41, 5.74) is 0.571. The van der Waals surface area contributed by atoms with Gasteiger partial charge < -0.3 is 4.90 Å². The van der Waals surface area contributed by atoms with E-state index in [-0.39, 0.29) is 17.5 Å². The summed E-state index contributed by atoms with van der Waals surface area (Å²) in [7, 11) is 0. The SMILES string of the molecule is CC1CN(c2c(F)cccc2Br)CCC1=O. The van der Waals surface area contributed by atoms with Crippen molar-refractivity contribution in [3.05, 3.63) is 28.5 Å². The van der Waals surface area contributed by atoms with E-state index >= 15 is 0 Å². The molecule has 1 atom stereocenters. The second-order valence-corrected chi connectivity index (χ2v) is 4.99. The van der Waals surface area contributed by atoms with Crippen molar-refractivity contribution >= 4 is 27.4 Å². The largest absolute Gasteiger partial charge is 0.367 e. The van der Waals surface area contributed by atoms with Crippen molar-refractivity contribution in [3.63, 3.8) is 0 Å². The van der Waals surface area contributed by atoms with Gasteiger partial charge in [0, 0.05) is 29.9 Å². The van der Waals surface area contributed by atoms with E-state index in [9.17, 15) is 9.18 Å². The van der Waals surface area contributed by atoms with Crippen molar-refractivity contribution in [2.75, 3.05) is 18.0 Å². The highest BCUT2D eigenvalue weighted by Crippen LogP contribution is 2.31. The zero-order valence-corrected chi connectivity index (χ0v) is 10.6. The van der Waals surface area contributed by atoms with E-state index in [2.05, 4.69) is 15.9 Å². The second kappa shape index (κ2) is 4.53. The Morgan fingerprint density at radius 3 is 2.88 bits per heavy atom. The maximum atomic E-state index is 13.7. The highest BCUT2D eigenvalue weighted by atomic mass is 79.9. The van der Waals surface area contributed by atoms with Crippen LogP contribution in [0.5, 0.6) is 0 Å². The van der Waals surface area contributed by atoms with Crippen LogP contribution in [0.25, 0.3) is 0 Å². The van der Waals surface area contributed by atoms with Crippen LogP contribution in [0, 0.1) is 11.7 Å². The molecule has 0 radical (unpaired) electrons. The average molecular weight is 286 g/mol. The molecule has 0 spiro atoms. The number of hydrogen-bond acceptors (Lipinski definition) is 2. The summed E-state index contributed by atoms with van der Waals surface area (Å²) in [5.74, 6) is 0.0138. The summed E-state index contributed by atoms with van der Waals surface area (Å²) in [6.45, 7) is 3.09. The van der Waals surface area contributed by atoms with Gasteiger partial charge in [-0.05, 0) is 28.1 Å². The number of carbonyl (C=O) groups excluding carboxylic acids is 1. The Balaban J connectivity index is 2.28. The van der Waals surface area contributed by atoms with Crippen LogP contribution in [0.1, 0.15) is 13.3 Å². The molecule has 0 amide bonds. The maximum absolute atomic E-state index is 13.7. The van der Waals surface area contributed by atoms with Gasteiger partial charge in [0.05, 0.1) is 5.69 Å². The predicted octanol–water partition coefficient (Wildman–Crippen LogP) is 3.00. The number of para-hydroxylation sites is 1. The van der Waals surface area contributed by atoms with E-state index in [4.69, 9.17) is 0 Å². The Labute approximate surface area is 103 Å². The maximum Gasteiger partial charge on any atom is 0.147 e. The molecule has 16 heavy (non-hydrogen) atoms. The van der Waals surface area contributed by atoms with Crippen LogP contribution < -0.4 is 4.90 Å². The van der Waals surface area contributed by atoms with Crippen molar-refractivity contribution in [2.24, 2.45) is 5.92 Å². The highest BCUT2D eigenvalue weighted by molar-refractivity contribution is 9.10. The summed E-state index contributed by atoms with van der Waals surface area (Å²) in [6, 6.07) is 4.93. The van der Waals surface area contributed by atoms with Crippen molar-refractivity contribution in [1.29, 1.82) is 0 Å². The molecule has 4 heteroatoms. The third kappa shape index (κ3) is 2.12. The molecule has 1 aliphatic rings. The molecule has 0 aliphatic carbocycles. The Morgan fingerprint density at radius 1 is 1.50 bits per heavy atom. The Morgan fingerprint density at radius 2 is 2.25 bits per heavy atom. The summed E-state index contributed by atoms with van der Waals surface area (Å²) in [5, 5.41) is 0. The van der Waals surface area contributed by atoms with E-state index in [0.29, 0.717) is 25.2 Å². The molecule has 1 saturated heterocycles. The smallest absolute Gasteiger partial charge is 0.147 e. The molecule has 86 valence electrons. The van der Waals surface area contributed by atoms with Gasteiger partial charge in [0.25, 0.3) is 0 Å². The van der Waals surface area contributed by atoms with Gasteiger partial charge >= 0.3 is 0 Å². The fourth-order valence-corrected chi connectivity index (χ4v) is 2.60. The quantitative estimate of drug-likeness (QED) is 0.791. The summed E-state index contributed by atoms with van der Waals surface area (Å²) < 4.78 is 14.4. The molecule has 1 unspecified atom stereocenters. The first-order valence-electron chi connectivity index (χ1n) is 5.31. The molecular formula is C12H13BrFNO. The van der Waals surface area contributed by atoms with E-state index in [1.54, 1.807) is 6.07 Å². The van der Waals surface area contributed by atoms with E-state index in [1.807, 2.05) is 17.9 Å². The summed E-state index contributed by atoms with van der Waals surface area (Å²) in [6.07, 6.45) is 0.502. The van der Waals surface area contributed by atoms with Gasteiger partial charge in [-0.25, -0.2) is 4.39 Å². The van der Waals surface area contributed by atoms with Gasteiger partial charge in [-0.1, -0.05) is 13.0 Å². The minimum Gasteiger partial charge on any atom is -0.367 e. The lowest BCUT2D eigenvalue weighted by atomic mass is 9.98. The van der Waals surface area contributed by atoms with E-state index in [0.717, 1.165) is 4.47 Å². The second-order valence-electron chi connectivity index (χ2n) is 4.13. The number of nitrogens with zero attached hydrogens (tertiary/aromatic N) is 1. The highest BCUT2D eigenvalue weighted by Gasteiger charge is 2.26. The molecule has 1 fully saturated rings. The minimum atomic E-state index is -0.240. The molecule has 0 saturated carbocycles. The number of piperidine rings is 1.